The molecule has 2 aliphatic rings. The Bertz CT molecular complexity index is 1090. The van der Waals surface area contributed by atoms with Gasteiger partial charge >= 0.3 is 0 Å². The van der Waals surface area contributed by atoms with Gasteiger partial charge in [0.25, 0.3) is 5.91 Å². The molecule has 174 valence electrons. The van der Waals surface area contributed by atoms with Crippen molar-refractivity contribution in [1.29, 1.82) is 0 Å². The fraction of sp³-hybridized carbons (Fsp3) is 0.464. The molecule has 1 amide bonds. The molecule has 1 aliphatic carbocycles. The normalized spacial score (nSPS) is 21.0. The molecule has 5 rings (SSSR count). The van der Waals surface area contributed by atoms with Crippen LogP contribution in [-0.4, -0.2) is 60.0 Å². The molecule has 0 saturated carbocycles. The van der Waals surface area contributed by atoms with Gasteiger partial charge in [0.2, 0.25) is 0 Å². The molecule has 2 aromatic carbocycles. The van der Waals surface area contributed by atoms with Gasteiger partial charge in [-0.3, -0.25) is 9.69 Å². The lowest BCUT2D eigenvalue weighted by molar-refractivity contribution is 0.0633. The number of aromatic nitrogens is 1. The first-order valence-electron chi connectivity index (χ1n) is 12.4. The predicted molar refractivity (Wildman–Crippen MR) is 133 cm³/mol. The Kier molecular flexibility index (Phi) is 6.41. The van der Waals surface area contributed by atoms with Crippen LogP contribution in [0.4, 0.5) is 0 Å². The number of aromatic amines is 1. The molecule has 0 radical (unpaired) electrons. The molecule has 5 nitrogen and oxygen atoms in total. The van der Waals surface area contributed by atoms with Crippen molar-refractivity contribution in [3.05, 3.63) is 65.4 Å². The van der Waals surface area contributed by atoms with Crippen LogP contribution in [0.3, 0.4) is 0 Å². The number of para-hydroxylation sites is 1. The average molecular weight is 446 g/mol. The van der Waals surface area contributed by atoms with E-state index >= 15 is 0 Å². The number of amides is 1. The number of carbonyl (C=O) groups is 1. The second-order valence-electron chi connectivity index (χ2n) is 9.65. The van der Waals surface area contributed by atoms with Crippen molar-refractivity contribution < 1.29 is 9.53 Å². The predicted octanol–water partition coefficient (Wildman–Crippen LogP) is 4.91. The highest BCUT2D eigenvalue weighted by atomic mass is 16.5. The van der Waals surface area contributed by atoms with Crippen molar-refractivity contribution >= 4 is 16.8 Å². The molecule has 1 N–H and O–H groups in total. The summed E-state index contributed by atoms with van der Waals surface area (Å²) in [4.78, 5) is 21.3. The largest absolute Gasteiger partial charge is 0.497 e. The summed E-state index contributed by atoms with van der Waals surface area (Å²) in [5, 5.41) is 1.09. The molecule has 3 aromatic rings. The minimum Gasteiger partial charge on any atom is -0.497 e. The average Bonchev–Trinajstić information content (AvgIpc) is 3.31. The van der Waals surface area contributed by atoms with E-state index in [1.807, 2.05) is 29.2 Å². The van der Waals surface area contributed by atoms with Gasteiger partial charge in [0, 0.05) is 36.6 Å². The fourth-order valence-electron chi connectivity index (χ4n) is 5.76. The van der Waals surface area contributed by atoms with E-state index in [4.69, 9.17) is 4.74 Å². The lowest BCUT2D eigenvalue weighted by Gasteiger charge is -2.41. The first-order chi connectivity index (χ1) is 16.1. The van der Waals surface area contributed by atoms with Crippen LogP contribution in [0.15, 0.2) is 48.5 Å². The molecule has 1 saturated heterocycles. The van der Waals surface area contributed by atoms with E-state index in [0.29, 0.717) is 17.7 Å². The molecule has 1 aromatic heterocycles. The Morgan fingerprint density at radius 3 is 2.85 bits per heavy atom. The molecule has 5 heteroatoms. The Morgan fingerprint density at radius 1 is 1.15 bits per heavy atom. The number of H-pyrrole nitrogens is 1. The quantitative estimate of drug-likeness (QED) is 0.587. The van der Waals surface area contributed by atoms with E-state index in [-0.39, 0.29) is 5.91 Å². The van der Waals surface area contributed by atoms with E-state index in [0.717, 1.165) is 49.1 Å². The number of aryl methyl sites for hydroxylation is 1. The minimum absolute atomic E-state index is 0.115. The number of likely N-dealkylation sites (tertiary alicyclic amines) is 1. The van der Waals surface area contributed by atoms with Crippen LogP contribution < -0.4 is 4.74 Å². The van der Waals surface area contributed by atoms with Crippen LogP contribution >= 0.6 is 0 Å². The highest BCUT2D eigenvalue weighted by Crippen LogP contribution is 2.30. The van der Waals surface area contributed by atoms with Crippen LogP contribution in [-0.2, 0) is 12.8 Å². The molecule has 33 heavy (non-hydrogen) atoms. The topological polar surface area (TPSA) is 48.6 Å². The van der Waals surface area contributed by atoms with Gasteiger partial charge in [-0.15, -0.1) is 0 Å². The molecule has 2 heterocycles. The summed E-state index contributed by atoms with van der Waals surface area (Å²) >= 11 is 0. The van der Waals surface area contributed by atoms with Crippen LogP contribution in [0.5, 0.6) is 5.75 Å². The number of fused-ring (bicyclic) bond motifs is 2. The van der Waals surface area contributed by atoms with E-state index in [1.54, 1.807) is 7.11 Å². The fourth-order valence-corrected chi connectivity index (χ4v) is 5.76. The molecule has 2 unspecified atom stereocenters. The maximum atomic E-state index is 13.3. The summed E-state index contributed by atoms with van der Waals surface area (Å²) < 4.78 is 5.46. The second-order valence-corrected chi connectivity index (χ2v) is 9.65. The van der Waals surface area contributed by atoms with Gasteiger partial charge in [-0.2, -0.15) is 0 Å². The molecular weight excluding hydrogens is 410 g/mol. The summed E-state index contributed by atoms with van der Waals surface area (Å²) in [7, 11) is 1.74. The summed E-state index contributed by atoms with van der Waals surface area (Å²) in [6, 6.07) is 17.2. The smallest absolute Gasteiger partial charge is 0.270 e. The van der Waals surface area contributed by atoms with Crippen LogP contribution in [0.1, 0.15) is 47.8 Å². The number of benzene rings is 2. The summed E-state index contributed by atoms with van der Waals surface area (Å²) in [6.07, 6.45) is 5.88. The zero-order valence-electron chi connectivity index (χ0n) is 19.8. The Morgan fingerprint density at radius 2 is 2.03 bits per heavy atom. The number of piperidine rings is 1. The molecule has 1 fully saturated rings. The van der Waals surface area contributed by atoms with Crippen molar-refractivity contribution in [2.45, 2.75) is 45.1 Å². The first-order valence-corrected chi connectivity index (χ1v) is 12.4. The zero-order valence-corrected chi connectivity index (χ0v) is 19.8. The van der Waals surface area contributed by atoms with Crippen molar-refractivity contribution in [2.24, 2.45) is 5.92 Å². The Hall–Kier alpha value is -2.79. The number of ether oxygens (including phenoxy) is 1. The van der Waals surface area contributed by atoms with Gasteiger partial charge in [-0.05, 0) is 86.9 Å². The third kappa shape index (κ3) is 4.65. The lowest BCUT2D eigenvalue weighted by atomic mass is 9.85. The van der Waals surface area contributed by atoms with E-state index in [2.05, 4.69) is 41.1 Å². The molecule has 2 atom stereocenters. The summed E-state index contributed by atoms with van der Waals surface area (Å²) in [6.45, 7) is 5.91. The highest BCUT2D eigenvalue weighted by Gasteiger charge is 2.30. The summed E-state index contributed by atoms with van der Waals surface area (Å²) in [5.74, 6) is 1.60. The zero-order chi connectivity index (χ0) is 22.8. The van der Waals surface area contributed by atoms with Crippen LogP contribution in [0.2, 0.25) is 0 Å². The number of hydrogen-bond donors (Lipinski definition) is 1. The number of carbonyl (C=O) groups excluding carboxylic acids is 1. The molecule has 0 spiro atoms. The van der Waals surface area contributed by atoms with E-state index in [9.17, 15) is 4.79 Å². The molecule has 0 bridgehead atoms. The van der Waals surface area contributed by atoms with Gasteiger partial charge in [0.15, 0.2) is 0 Å². The van der Waals surface area contributed by atoms with Crippen molar-refractivity contribution in [2.75, 3.05) is 33.3 Å². The third-order valence-electron chi connectivity index (χ3n) is 7.59. The number of hydrogen-bond acceptors (Lipinski definition) is 3. The van der Waals surface area contributed by atoms with E-state index in [1.165, 1.54) is 36.9 Å². The van der Waals surface area contributed by atoms with Gasteiger partial charge in [-0.25, -0.2) is 0 Å². The Labute approximate surface area is 196 Å². The van der Waals surface area contributed by atoms with Crippen molar-refractivity contribution in [3.8, 4) is 5.75 Å². The number of methoxy groups -OCH3 is 1. The monoisotopic (exact) mass is 445 g/mol. The van der Waals surface area contributed by atoms with E-state index < -0.39 is 0 Å². The SMILES string of the molecule is CCN(CC1CCCN(C2CCc3ccc(OC)cc3C2)C1)C(=O)c1cc2ccccc2[nH]1. The Balaban J connectivity index is 1.24. The standard InChI is InChI=1S/C28H35N3O2/c1-3-30(28(32)27-17-22-8-4-5-9-26(22)29-27)18-20-7-6-14-31(19-20)24-12-10-21-11-13-25(33-2)16-23(21)15-24/h4-5,8-9,11,13,16-17,20,24,29H,3,6-7,10,12,14-15,18-19H2,1-2H3. The lowest BCUT2D eigenvalue weighted by Crippen LogP contribution is -2.48. The second kappa shape index (κ2) is 9.60. The molecule has 1 aliphatic heterocycles. The maximum absolute atomic E-state index is 13.3. The highest BCUT2D eigenvalue weighted by molar-refractivity contribution is 5.98. The minimum atomic E-state index is 0.115. The van der Waals surface area contributed by atoms with Gasteiger partial charge in [0.05, 0.1) is 7.11 Å². The number of nitrogens with one attached hydrogen (secondary N) is 1. The van der Waals surface area contributed by atoms with Crippen LogP contribution in [0, 0.1) is 5.92 Å². The number of rotatable bonds is 6. The van der Waals surface area contributed by atoms with Crippen LogP contribution in [0.25, 0.3) is 10.9 Å². The maximum Gasteiger partial charge on any atom is 0.270 e. The molecular formula is C28H35N3O2. The van der Waals surface area contributed by atoms with Crippen molar-refractivity contribution in [1.82, 2.24) is 14.8 Å². The third-order valence-corrected chi connectivity index (χ3v) is 7.59. The van der Waals surface area contributed by atoms with Gasteiger partial charge in [0.1, 0.15) is 11.4 Å². The van der Waals surface area contributed by atoms with Crippen molar-refractivity contribution in [3.63, 3.8) is 0 Å². The van der Waals surface area contributed by atoms with Gasteiger partial charge < -0.3 is 14.6 Å². The van der Waals surface area contributed by atoms with Gasteiger partial charge in [-0.1, -0.05) is 24.3 Å². The first kappa shape index (κ1) is 22.0. The number of nitrogens with zero attached hydrogens (tertiary/aromatic N) is 2. The summed E-state index contributed by atoms with van der Waals surface area (Å²) in [5.41, 5.74) is 4.64.